The van der Waals surface area contributed by atoms with Gasteiger partial charge >= 0.3 is 0 Å². The zero-order chi connectivity index (χ0) is 26.2. The number of halogens is 3. The summed E-state index contributed by atoms with van der Waals surface area (Å²) >= 11 is 12.4. The monoisotopic (exact) mass is 532 g/mol. The number of anilines is 1. The van der Waals surface area contributed by atoms with Crippen molar-refractivity contribution < 1.29 is 13.9 Å². The lowest BCUT2D eigenvalue weighted by molar-refractivity contribution is -0.121. The molecule has 1 unspecified atom stereocenters. The Morgan fingerprint density at radius 3 is 2.64 bits per heavy atom. The molecule has 1 atom stereocenters. The second-order valence-corrected chi connectivity index (χ2v) is 9.16. The Morgan fingerprint density at radius 1 is 1.17 bits per heavy atom. The molecule has 0 aliphatic carbocycles. The van der Waals surface area contributed by atoms with Crippen molar-refractivity contribution in [2.75, 3.05) is 25.4 Å². The normalized spacial score (nSPS) is 12.0. The lowest BCUT2D eigenvalue weighted by atomic mass is 10.0. The van der Waals surface area contributed by atoms with E-state index in [1.54, 1.807) is 19.2 Å². The minimum Gasteiger partial charge on any atom is -0.482 e. The van der Waals surface area contributed by atoms with Crippen LogP contribution < -0.4 is 15.8 Å². The minimum absolute atomic E-state index is 0.0146. The van der Waals surface area contributed by atoms with E-state index in [4.69, 9.17) is 33.7 Å². The van der Waals surface area contributed by atoms with E-state index < -0.39 is 11.9 Å². The summed E-state index contributed by atoms with van der Waals surface area (Å²) < 4.78 is 20.0. The molecule has 1 amide bonds. The fraction of sp³-hybridized carbons (Fsp3) is 0.333. The van der Waals surface area contributed by atoms with Gasteiger partial charge in [-0.25, -0.2) is 9.37 Å². The van der Waals surface area contributed by atoms with Gasteiger partial charge in [0, 0.05) is 41.9 Å². The highest BCUT2D eigenvalue weighted by Crippen LogP contribution is 2.37. The molecule has 1 aromatic heterocycles. The number of ether oxygens (including phenoxy) is 1. The van der Waals surface area contributed by atoms with Crippen LogP contribution in [0.15, 0.2) is 48.7 Å². The Balaban J connectivity index is 1.72. The van der Waals surface area contributed by atoms with E-state index in [0.717, 1.165) is 36.3 Å². The molecule has 9 heteroatoms. The van der Waals surface area contributed by atoms with Gasteiger partial charge in [-0.15, -0.1) is 0 Å². The third-order valence-electron chi connectivity index (χ3n) is 5.97. The average molecular weight is 533 g/mol. The number of carbonyl (C=O) groups is 1. The zero-order valence-corrected chi connectivity index (χ0v) is 22.2. The molecule has 2 aromatic carbocycles. The molecule has 1 heterocycles. The number of nitrogens with one attached hydrogen (secondary N) is 1. The number of nitrogens with two attached hydrogens (primary N) is 1. The summed E-state index contributed by atoms with van der Waals surface area (Å²) in [5.74, 6) is -0.0542. The first-order chi connectivity index (χ1) is 17.2. The number of hydrogen-bond donors (Lipinski definition) is 2. The second kappa shape index (κ2) is 12.9. The Kier molecular flexibility index (Phi) is 9.93. The highest BCUT2D eigenvalue weighted by Gasteiger charge is 2.20. The predicted molar refractivity (Wildman–Crippen MR) is 144 cm³/mol. The second-order valence-electron chi connectivity index (χ2n) is 8.38. The first-order valence-corrected chi connectivity index (χ1v) is 12.6. The first-order valence-electron chi connectivity index (χ1n) is 11.9. The van der Waals surface area contributed by atoms with Crippen LogP contribution in [-0.2, 0) is 11.3 Å². The maximum absolute atomic E-state index is 14.0. The smallest absolute Gasteiger partial charge is 0.221 e. The molecular formula is C27H31Cl2FN4O2. The van der Waals surface area contributed by atoms with E-state index in [9.17, 15) is 9.18 Å². The standard InChI is InChI=1S/C27H31Cl2FN4O2/c1-4-34(5-2)12-11-24(35)32-15-18-7-6-8-19(13-18)20-14-23(27(31)33-16-20)36-17(3)25-21(28)9-10-22(30)26(25)29/h6-10,13-14,16-17H,4-5,11-12,15H2,1-3H3,(H2,31,33)(H,32,35). The summed E-state index contributed by atoms with van der Waals surface area (Å²) in [7, 11) is 0. The molecule has 0 spiro atoms. The van der Waals surface area contributed by atoms with Gasteiger partial charge in [-0.1, -0.05) is 55.2 Å². The van der Waals surface area contributed by atoms with Gasteiger partial charge in [0.25, 0.3) is 0 Å². The fourth-order valence-corrected chi connectivity index (χ4v) is 4.50. The number of amides is 1. The maximum Gasteiger partial charge on any atom is 0.221 e. The van der Waals surface area contributed by atoms with Gasteiger partial charge in [0.1, 0.15) is 11.9 Å². The Hall–Kier alpha value is -2.87. The first kappa shape index (κ1) is 27.7. The molecule has 0 fully saturated rings. The van der Waals surface area contributed by atoms with E-state index in [0.29, 0.717) is 29.3 Å². The molecule has 3 N–H and O–H groups in total. The van der Waals surface area contributed by atoms with E-state index >= 15 is 0 Å². The van der Waals surface area contributed by atoms with Crippen molar-refractivity contribution in [3.05, 3.63) is 75.7 Å². The van der Waals surface area contributed by atoms with Crippen LogP contribution >= 0.6 is 23.2 Å². The summed E-state index contributed by atoms with van der Waals surface area (Å²) in [4.78, 5) is 18.7. The van der Waals surface area contributed by atoms with Crippen molar-refractivity contribution in [1.82, 2.24) is 15.2 Å². The average Bonchev–Trinajstić information content (AvgIpc) is 2.87. The number of rotatable bonds is 11. The van der Waals surface area contributed by atoms with E-state index in [2.05, 4.69) is 29.0 Å². The molecule has 6 nitrogen and oxygen atoms in total. The van der Waals surface area contributed by atoms with Crippen LogP contribution in [0.25, 0.3) is 11.1 Å². The van der Waals surface area contributed by atoms with Gasteiger partial charge in [-0.05, 0) is 55.4 Å². The molecule has 0 bridgehead atoms. The van der Waals surface area contributed by atoms with Crippen molar-refractivity contribution in [3.8, 4) is 16.9 Å². The van der Waals surface area contributed by atoms with Crippen LogP contribution in [0.4, 0.5) is 10.2 Å². The molecule has 0 saturated heterocycles. The third kappa shape index (κ3) is 7.09. The van der Waals surface area contributed by atoms with Gasteiger partial charge < -0.3 is 20.7 Å². The van der Waals surface area contributed by atoms with Gasteiger partial charge in [0.15, 0.2) is 11.6 Å². The van der Waals surface area contributed by atoms with E-state index in [-0.39, 0.29) is 16.7 Å². The number of pyridine rings is 1. The highest BCUT2D eigenvalue weighted by molar-refractivity contribution is 6.36. The predicted octanol–water partition coefficient (Wildman–Crippen LogP) is 6.26. The fourth-order valence-electron chi connectivity index (χ4n) is 3.82. The maximum atomic E-state index is 14.0. The molecule has 192 valence electrons. The molecule has 0 radical (unpaired) electrons. The molecule has 0 aliphatic heterocycles. The highest BCUT2D eigenvalue weighted by atomic mass is 35.5. The number of nitrogen functional groups attached to an aromatic ring is 1. The lowest BCUT2D eigenvalue weighted by Crippen LogP contribution is -2.30. The van der Waals surface area contributed by atoms with Gasteiger partial charge in [-0.2, -0.15) is 0 Å². The van der Waals surface area contributed by atoms with Crippen molar-refractivity contribution in [2.45, 2.75) is 39.8 Å². The van der Waals surface area contributed by atoms with Gasteiger partial charge in [0.05, 0.1) is 5.02 Å². The lowest BCUT2D eigenvalue weighted by Gasteiger charge is -2.19. The van der Waals surface area contributed by atoms with Crippen LogP contribution in [0, 0.1) is 5.82 Å². The van der Waals surface area contributed by atoms with Gasteiger partial charge in [0.2, 0.25) is 5.91 Å². The topological polar surface area (TPSA) is 80.5 Å². The number of carbonyl (C=O) groups excluding carboxylic acids is 1. The largest absolute Gasteiger partial charge is 0.482 e. The van der Waals surface area contributed by atoms with Crippen molar-refractivity contribution >= 4 is 34.9 Å². The summed E-state index contributed by atoms with van der Waals surface area (Å²) in [6.07, 6.45) is 1.44. The Morgan fingerprint density at radius 2 is 1.92 bits per heavy atom. The van der Waals surface area contributed by atoms with E-state index in [1.165, 1.54) is 12.1 Å². The number of nitrogens with zero attached hydrogens (tertiary/aromatic N) is 2. The molecule has 0 saturated carbocycles. The Bertz CT molecular complexity index is 1200. The quantitative estimate of drug-likeness (QED) is 0.284. The van der Waals surface area contributed by atoms with Crippen molar-refractivity contribution in [1.29, 1.82) is 0 Å². The van der Waals surface area contributed by atoms with Gasteiger partial charge in [-0.3, -0.25) is 4.79 Å². The Labute approximate surface area is 221 Å². The SMILES string of the molecule is CCN(CC)CCC(=O)NCc1cccc(-c2cnc(N)c(OC(C)c3c(Cl)ccc(F)c3Cl)c2)c1. The third-order valence-corrected chi connectivity index (χ3v) is 6.68. The number of hydrogen-bond acceptors (Lipinski definition) is 5. The summed E-state index contributed by atoms with van der Waals surface area (Å²) in [5, 5.41) is 3.18. The van der Waals surface area contributed by atoms with Crippen LogP contribution in [-0.4, -0.2) is 35.4 Å². The zero-order valence-electron chi connectivity index (χ0n) is 20.7. The van der Waals surface area contributed by atoms with Crippen LogP contribution in [0.1, 0.15) is 44.4 Å². The van der Waals surface area contributed by atoms with E-state index in [1.807, 2.05) is 24.3 Å². The van der Waals surface area contributed by atoms with Crippen LogP contribution in [0.5, 0.6) is 5.75 Å². The molecule has 36 heavy (non-hydrogen) atoms. The molecular weight excluding hydrogens is 502 g/mol. The minimum atomic E-state index is -0.669. The number of benzene rings is 2. The summed E-state index contributed by atoms with van der Waals surface area (Å²) in [6, 6.07) is 12.2. The molecule has 3 rings (SSSR count). The number of aromatic nitrogens is 1. The van der Waals surface area contributed by atoms with Crippen molar-refractivity contribution in [3.63, 3.8) is 0 Å². The summed E-state index contributed by atoms with van der Waals surface area (Å²) in [5.41, 5.74) is 9.00. The van der Waals surface area contributed by atoms with Crippen molar-refractivity contribution in [2.24, 2.45) is 0 Å². The molecule has 3 aromatic rings. The van der Waals surface area contributed by atoms with Crippen LogP contribution in [0.2, 0.25) is 10.0 Å². The molecule has 0 aliphatic rings. The summed E-state index contributed by atoms with van der Waals surface area (Å²) in [6.45, 7) is 8.89. The van der Waals surface area contributed by atoms with Crippen LogP contribution in [0.3, 0.4) is 0 Å².